The van der Waals surface area contributed by atoms with Crippen LogP contribution in [0.4, 0.5) is 0 Å². The second kappa shape index (κ2) is 5.02. The summed E-state index contributed by atoms with van der Waals surface area (Å²) >= 11 is 0. The molecule has 1 aromatic carbocycles. The summed E-state index contributed by atoms with van der Waals surface area (Å²) < 4.78 is 31.5. The number of aromatic nitrogens is 1. The second-order valence-corrected chi connectivity index (χ2v) is 5.83. The normalized spacial score (nSPS) is 11.7. The predicted octanol–water partition coefficient (Wildman–Crippen LogP) is 1.48. The lowest BCUT2D eigenvalue weighted by Gasteiger charge is -2.07. The van der Waals surface area contributed by atoms with Gasteiger partial charge >= 0.3 is 0 Å². The van der Waals surface area contributed by atoms with E-state index >= 15 is 0 Å². The highest BCUT2D eigenvalue weighted by atomic mass is 32.2. The first kappa shape index (κ1) is 13.6. The predicted molar refractivity (Wildman–Crippen MR) is 68.1 cm³/mol. The van der Waals surface area contributed by atoms with E-state index in [9.17, 15) is 13.5 Å². The summed E-state index contributed by atoms with van der Waals surface area (Å²) in [6.45, 7) is 3.52. The Kier molecular flexibility index (Phi) is 3.59. The van der Waals surface area contributed by atoms with Gasteiger partial charge in [0.15, 0.2) is 0 Å². The Morgan fingerprint density at radius 3 is 2.58 bits per heavy atom. The molecule has 6 nitrogen and oxygen atoms in total. The van der Waals surface area contributed by atoms with E-state index in [4.69, 9.17) is 4.52 Å². The summed E-state index contributed by atoms with van der Waals surface area (Å²) in [5.74, 6) is 0.284. The lowest BCUT2D eigenvalue weighted by molar-refractivity contribution is 0.392. The van der Waals surface area contributed by atoms with E-state index < -0.39 is 10.0 Å². The monoisotopic (exact) mass is 282 g/mol. The number of rotatable bonds is 4. The first-order valence-electron chi connectivity index (χ1n) is 5.61. The number of para-hydroxylation sites is 1. The van der Waals surface area contributed by atoms with E-state index in [0.717, 1.165) is 0 Å². The molecular weight excluding hydrogens is 268 g/mol. The van der Waals surface area contributed by atoms with Gasteiger partial charge in [0.05, 0.1) is 5.69 Å². The molecule has 0 radical (unpaired) electrons. The maximum Gasteiger partial charge on any atom is 0.244 e. The molecule has 0 saturated heterocycles. The minimum Gasteiger partial charge on any atom is -0.507 e. The van der Waals surface area contributed by atoms with Crippen LogP contribution in [0.15, 0.2) is 33.7 Å². The molecule has 19 heavy (non-hydrogen) atoms. The Balaban J connectivity index is 2.22. The van der Waals surface area contributed by atoms with Gasteiger partial charge in [-0.2, -0.15) is 0 Å². The summed E-state index contributed by atoms with van der Waals surface area (Å²) in [5, 5.41) is 13.3. The molecule has 0 atom stereocenters. The zero-order valence-corrected chi connectivity index (χ0v) is 11.4. The van der Waals surface area contributed by atoms with E-state index in [1.54, 1.807) is 26.0 Å². The molecule has 1 heterocycles. The number of aromatic hydroxyl groups is 1. The smallest absolute Gasteiger partial charge is 0.244 e. The fourth-order valence-corrected chi connectivity index (χ4v) is 2.77. The fourth-order valence-electron chi connectivity index (χ4n) is 1.68. The van der Waals surface area contributed by atoms with E-state index in [-0.39, 0.29) is 17.2 Å². The largest absolute Gasteiger partial charge is 0.507 e. The molecule has 2 aromatic rings. The maximum absolute atomic E-state index is 12.0. The maximum atomic E-state index is 12.0. The van der Waals surface area contributed by atoms with Crippen LogP contribution in [0.2, 0.25) is 0 Å². The molecule has 0 spiro atoms. The van der Waals surface area contributed by atoms with E-state index in [2.05, 4.69) is 9.88 Å². The van der Waals surface area contributed by atoms with Crippen molar-refractivity contribution < 1.29 is 18.0 Å². The first-order valence-corrected chi connectivity index (χ1v) is 7.09. The second-order valence-electron chi connectivity index (χ2n) is 4.09. The van der Waals surface area contributed by atoms with Gasteiger partial charge in [0.1, 0.15) is 16.4 Å². The van der Waals surface area contributed by atoms with Crippen molar-refractivity contribution in [1.82, 2.24) is 9.88 Å². The molecule has 0 saturated carbocycles. The van der Waals surface area contributed by atoms with Crippen LogP contribution in [-0.2, 0) is 16.6 Å². The Morgan fingerprint density at radius 2 is 2.00 bits per heavy atom. The molecule has 102 valence electrons. The van der Waals surface area contributed by atoms with Crippen LogP contribution in [0.1, 0.15) is 17.0 Å². The third-order valence-corrected chi connectivity index (χ3v) is 4.22. The van der Waals surface area contributed by atoms with Gasteiger partial charge in [-0.05, 0) is 26.0 Å². The number of hydrogen-bond acceptors (Lipinski definition) is 5. The molecule has 0 aliphatic carbocycles. The lowest BCUT2D eigenvalue weighted by Crippen LogP contribution is -2.23. The molecule has 2 rings (SSSR count). The number of aryl methyl sites for hydroxylation is 2. The standard InChI is InChI=1S/C12H14N2O4S/c1-8-10(9(2)18-14-8)7-13-19(16,17)12-6-4-3-5-11(12)15/h3-6,13,15H,7H2,1-2H3. The van der Waals surface area contributed by atoms with Gasteiger partial charge in [0.25, 0.3) is 0 Å². The molecular formula is C12H14N2O4S. The highest BCUT2D eigenvalue weighted by Gasteiger charge is 2.19. The number of hydrogen-bond donors (Lipinski definition) is 2. The summed E-state index contributed by atoms with van der Waals surface area (Å²) in [6, 6.07) is 5.77. The van der Waals surface area contributed by atoms with Crippen molar-refractivity contribution in [2.75, 3.05) is 0 Å². The molecule has 0 bridgehead atoms. The number of phenols is 1. The van der Waals surface area contributed by atoms with E-state index in [0.29, 0.717) is 17.0 Å². The quantitative estimate of drug-likeness (QED) is 0.886. The fraction of sp³-hybridized carbons (Fsp3) is 0.250. The van der Waals surface area contributed by atoms with Crippen LogP contribution >= 0.6 is 0 Å². The Morgan fingerprint density at radius 1 is 1.32 bits per heavy atom. The number of nitrogens with zero attached hydrogens (tertiary/aromatic N) is 1. The van der Waals surface area contributed by atoms with E-state index in [1.807, 2.05) is 0 Å². The minimum absolute atomic E-state index is 0.0673. The third kappa shape index (κ3) is 2.77. The molecule has 7 heteroatoms. The topological polar surface area (TPSA) is 92.4 Å². The summed E-state index contributed by atoms with van der Waals surface area (Å²) in [5.41, 5.74) is 1.33. The van der Waals surface area contributed by atoms with Crippen molar-refractivity contribution in [2.24, 2.45) is 0 Å². The molecule has 1 aromatic heterocycles. The van der Waals surface area contributed by atoms with Gasteiger partial charge in [-0.15, -0.1) is 0 Å². The Labute approximate surface area is 111 Å². The Hall–Kier alpha value is -1.86. The zero-order valence-electron chi connectivity index (χ0n) is 10.5. The molecule has 0 unspecified atom stereocenters. The minimum atomic E-state index is -3.77. The first-order chi connectivity index (χ1) is 8.92. The van der Waals surface area contributed by atoms with Gasteiger partial charge in [-0.1, -0.05) is 17.3 Å². The Bertz CT molecular complexity index is 672. The molecule has 2 N–H and O–H groups in total. The molecule has 0 aliphatic rings. The number of sulfonamides is 1. The van der Waals surface area contributed by atoms with Gasteiger partial charge in [0.2, 0.25) is 10.0 Å². The SMILES string of the molecule is Cc1noc(C)c1CNS(=O)(=O)c1ccccc1O. The zero-order chi connectivity index (χ0) is 14.0. The van der Waals surface area contributed by atoms with Crippen LogP contribution in [0.3, 0.4) is 0 Å². The van der Waals surface area contributed by atoms with Gasteiger partial charge in [0, 0.05) is 12.1 Å². The highest BCUT2D eigenvalue weighted by Crippen LogP contribution is 2.21. The molecule has 0 amide bonds. The number of phenolic OH excluding ortho intramolecular Hbond substituents is 1. The van der Waals surface area contributed by atoms with Crippen molar-refractivity contribution in [3.05, 3.63) is 41.3 Å². The molecule has 0 fully saturated rings. The van der Waals surface area contributed by atoms with Crippen molar-refractivity contribution >= 4 is 10.0 Å². The van der Waals surface area contributed by atoms with Gasteiger partial charge < -0.3 is 9.63 Å². The van der Waals surface area contributed by atoms with Crippen molar-refractivity contribution in [1.29, 1.82) is 0 Å². The van der Waals surface area contributed by atoms with Crippen LogP contribution in [-0.4, -0.2) is 18.7 Å². The van der Waals surface area contributed by atoms with Gasteiger partial charge in [-0.3, -0.25) is 0 Å². The van der Waals surface area contributed by atoms with Crippen molar-refractivity contribution in [3.8, 4) is 5.75 Å². The summed E-state index contributed by atoms with van der Waals surface area (Å²) in [7, 11) is -3.77. The highest BCUT2D eigenvalue weighted by molar-refractivity contribution is 7.89. The number of nitrogens with one attached hydrogen (secondary N) is 1. The van der Waals surface area contributed by atoms with E-state index in [1.165, 1.54) is 12.1 Å². The third-order valence-electron chi connectivity index (χ3n) is 2.77. The lowest BCUT2D eigenvalue weighted by atomic mass is 10.2. The van der Waals surface area contributed by atoms with Crippen molar-refractivity contribution in [2.45, 2.75) is 25.3 Å². The van der Waals surface area contributed by atoms with Crippen LogP contribution in [0.25, 0.3) is 0 Å². The van der Waals surface area contributed by atoms with Gasteiger partial charge in [-0.25, -0.2) is 13.1 Å². The average molecular weight is 282 g/mol. The molecule has 0 aliphatic heterocycles. The average Bonchev–Trinajstić information content (AvgIpc) is 2.67. The summed E-state index contributed by atoms with van der Waals surface area (Å²) in [6.07, 6.45) is 0. The van der Waals surface area contributed by atoms with Crippen molar-refractivity contribution in [3.63, 3.8) is 0 Å². The van der Waals surface area contributed by atoms with Crippen LogP contribution < -0.4 is 4.72 Å². The van der Waals surface area contributed by atoms with Crippen LogP contribution in [0.5, 0.6) is 5.75 Å². The summed E-state index contributed by atoms with van der Waals surface area (Å²) in [4.78, 5) is -0.151. The van der Waals surface area contributed by atoms with Crippen LogP contribution in [0, 0.1) is 13.8 Å². The number of benzene rings is 1.